The minimum Gasteiger partial charge on any atom is -0.469 e. The highest BCUT2D eigenvalue weighted by Crippen LogP contribution is 2.33. The number of hydrogen-bond donors (Lipinski definition) is 1. The fourth-order valence-electron chi connectivity index (χ4n) is 4.67. The lowest BCUT2D eigenvalue weighted by molar-refractivity contribution is -0.140. The zero-order valence-electron chi connectivity index (χ0n) is 21.0. The molecule has 0 saturated carbocycles. The Kier molecular flexibility index (Phi) is 7.65. The average Bonchev–Trinajstić information content (AvgIpc) is 3.69. The van der Waals surface area contributed by atoms with Gasteiger partial charge in [-0.2, -0.15) is 0 Å². The summed E-state index contributed by atoms with van der Waals surface area (Å²) in [4.78, 5) is 43.3. The first-order chi connectivity index (χ1) is 18.8. The number of aromatic nitrogens is 1. The molecule has 1 aliphatic rings. The normalized spacial score (nSPS) is 15.1. The molecule has 202 valence electrons. The molecule has 5 rings (SSSR count). The smallest absolute Gasteiger partial charge is 0.305 e. The lowest BCUT2D eigenvalue weighted by Crippen LogP contribution is -2.32. The van der Waals surface area contributed by atoms with Crippen LogP contribution in [-0.2, 0) is 27.2 Å². The van der Waals surface area contributed by atoms with Crippen LogP contribution in [0.1, 0.15) is 52.9 Å². The highest BCUT2D eigenvalue weighted by molar-refractivity contribution is 6.34. The summed E-state index contributed by atoms with van der Waals surface area (Å²) in [6, 6.07) is 9.13. The number of methoxy groups -OCH3 is 1. The van der Waals surface area contributed by atoms with Gasteiger partial charge in [0.2, 0.25) is 11.8 Å². The molecule has 2 aromatic carbocycles. The Bertz CT molecular complexity index is 1550. The van der Waals surface area contributed by atoms with Crippen LogP contribution in [0.2, 0.25) is 5.02 Å². The van der Waals surface area contributed by atoms with Gasteiger partial charge in [-0.05, 0) is 36.6 Å². The van der Waals surface area contributed by atoms with E-state index in [1.807, 2.05) is 0 Å². The van der Waals surface area contributed by atoms with Crippen molar-refractivity contribution in [1.29, 1.82) is 0 Å². The zero-order chi connectivity index (χ0) is 27.5. The summed E-state index contributed by atoms with van der Waals surface area (Å²) in [6.07, 6.45) is 4.54. The fraction of sp³-hybridized carbons (Fsp3) is 0.286. The van der Waals surface area contributed by atoms with Gasteiger partial charge in [0.15, 0.2) is 0 Å². The molecule has 4 aromatic rings. The molecule has 1 N–H and O–H groups in total. The first-order valence-corrected chi connectivity index (χ1v) is 12.8. The number of anilines is 1. The van der Waals surface area contributed by atoms with Gasteiger partial charge < -0.3 is 23.8 Å². The number of likely N-dealkylation sites (tertiary alicyclic amines) is 1. The SMILES string of the molecule is COC(=O)CCc1cnc([C@@H]2CCCN2C(=O)Cc2cc(Cl)c(NC(=O)c3coc4ccccc34)cc2F)o1. The molecule has 39 heavy (non-hydrogen) atoms. The Labute approximate surface area is 227 Å². The summed E-state index contributed by atoms with van der Waals surface area (Å²) in [6.45, 7) is 0.478. The van der Waals surface area contributed by atoms with E-state index < -0.39 is 11.7 Å². The molecule has 9 nitrogen and oxygen atoms in total. The molecule has 11 heteroatoms. The van der Waals surface area contributed by atoms with E-state index in [0.717, 1.165) is 12.5 Å². The molecule has 1 fully saturated rings. The Balaban J connectivity index is 1.26. The van der Waals surface area contributed by atoms with Crippen molar-refractivity contribution in [2.75, 3.05) is 19.0 Å². The molecule has 1 atom stereocenters. The van der Waals surface area contributed by atoms with Crippen LogP contribution < -0.4 is 5.32 Å². The molecule has 0 unspecified atom stereocenters. The number of carbonyl (C=O) groups is 3. The molecule has 1 saturated heterocycles. The van der Waals surface area contributed by atoms with Crippen molar-refractivity contribution >= 4 is 46.0 Å². The van der Waals surface area contributed by atoms with Crippen LogP contribution in [0.25, 0.3) is 11.0 Å². The van der Waals surface area contributed by atoms with Crippen molar-refractivity contribution in [3.05, 3.63) is 82.5 Å². The minimum absolute atomic E-state index is 0.0824. The highest BCUT2D eigenvalue weighted by Gasteiger charge is 2.33. The number of rotatable bonds is 8. The number of furan rings is 1. The predicted molar refractivity (Wildman–Crippen MR) is 140 cm³/mol. The summed E-state index contributed by atoms with van der Waals surface area (Å²) in [5, 5.41) is 3.34. The number of amides is 2. The van der Waals surface area contributed by atoms with E-state index in [2.05, 4.69) is 15.0 Å². The van der Waals surface area contributed by atoms with Crippen LogP contribution in [0.15, 0.2) is 57.7 Å². The van der Waals surface area contributed by atoms with Gasteiger partial charge >= 0.3 is 5.97 Å². The fourth-order valence-corrected chi connectivity index (χ4v) is 4.90. The second kappa shape index (κ2) is 11.3. The Morgan fingerprint density at radius 3 is 2.90 bits per heavy atom. The number of fused-ring (bicyclic) bond motifs is 1. The number of halogens is 2. The summed E-state index contributed by atoms with van der Waals surface area (Å²) in [5.41, 5.74) is 1.03. The quantitative estimate of drug-likeness (QED) is 0.287. The molecule has 0 bridgehead atoms. The van der Waals surface area contributed by atoms with E-state index in [-0.39, 0.29) is 47.0 Å². The van der Waals surface area contributed by atoms with Crippen molar-refractivity contribution in [3.8, 4) is 0 Å². The molecular weight excluding hydrogens is 529 g/mol. The van der Waals surface area contributed by atoms with Crippen LogP contribution >= 0.6 is 11.6 Å². The van der Waals surface area contributed by atoms with Gasteiger partial charge in [0.1, 0.15) is 29.5 Å². The number of aryl methyl sites for hydroxylation is 1. The number of esters is 1. The summed E-state index contributed by atoms with van der Waals surface area (Å²) < 4.78 is 30.9. The van der Waals surface area contributed by atoms with Crippen molar-refractivity contribution < 1.29 is 32.3 Å². The maximum Gasteiger partial charge on any atom is 0.305 e. The van der Waals surface area contributed by atoms with Gasteiger partial charge in [0.25, 0.3) is 5.91 Å². The first kappa shape index (κ1) is 26.4. The topological polar surface area (TPSA) is 115 Å². The number of para-hydroxylation sites is 1. The Hall–Kier alpha value is -4.18. The van der Waals surface area contributed by atoms with E-state index >= 15 is 4.39 Å². The Morgan fingerprint density at radius 2 is 2.08 bits per heavy atom. The van der Waals surface area contributed by atoms with Crippen LogP contribution in [0.4, 0.5) is 10.1 Å². The van der Waals surface area contributed by atoms with E-state index in [0.29, 0.717) is 47.6 Å². The van der Waals surface area contributed by atoms with Crippen LogP contribution in [0.3, 0.4) is 0 Å². The first-order valence-electron chi connectivity index (χ1n) is 12.4. The van der Waals surface area contributed by atoms with Gasteiger partial charge in [-0.15, -0.1) is 0 Å². The predicted octanol–water partition coefficient (Wildman–Crippen LogP) is 5.48. The highest BCUT2D eigenvalue weighted by atomic mass is 35.5. The minimum atomic E-state index is -0.669. The maximum atomic E-state index is 15.1. The summed E-state index contributed by atoms with van der Waals surface area (Å²) in [7, 11) is 1.32. The van der Waals surface area contributed by atoms with Crippen molar-refractivity contribution in [1.82, 2.24) is 9.88 Å². The van der Waals surface area contributed by atoms with E-state index in [4.69, 9.17) is 20.4 Å². The Morgan fingerprint density at radius 1 is 1.26 bits per heavy atom. The molecular formula is C28H25ClFN3O6. The van der Waals surface area contributed by atoms with E-state index in [9.17, 15) is 14.4 Å². The van der Waals surface area contributed by atoms with Crippen molar-refractivity contribution in [2.45, 2.75) is 38.1 Å². The third-order valence-electron chi connectivity index (χ3n) is 6.68. The van der Waals surface area contributed by atoms with E-state index in [1.165, 1.54) is 25.6 Å². The second-order valence-corrected chi connectivity index (χ2v) is 9.59. The van der Waals surface area contributed by atoms with Gasteiger partial charge in [0.05, 0.1) is 42.4 Å². The number of nitrogens with one attached hydrogen (secondary N) is 1. The molecule has 2 amide bonds. The average molecular weight is 554 g/mol. The van der Waals surface area contributed by atoms with Crippen LogP contribution in [-0.4, -0.2) is 41.3 Å². The molecule has 0 radical (unpaired) electrons. The third kappa shape index (κ3) is 5.65. The third-order valence-corrected chi connectivity index (χ3v) is 7.00. The molecule has 0 aliphatic carbocycles. The lowest BCUT2D eigenvalue weighted by Gasteiger charge is -2.22. The zero-order valence-corrected chi connectivity index (χ0v) is 21.8. The van der Waals surface area contributed by atoms with Crippen LogP contribution in [0, 0.1) is 5.82 Å². The molecule has 3 heterocycles. The lowest BCUT2D eigenvalue weighted by atomic mass is 10.1. The van der Waals surface area contributed by atoms with Gasteiger partial charge in [-0.1, -0.05) is 29.8 Å². The van der Waals surface area contributed by atoms with E-state index in [1.54, 1.807) is 29.2 Å². The van der Waals surface area contributed by atoms with Gasteiger partial charge in [-0.25, -0.2) is 9.37 Å². The van der Waals surface area contributed by atoms with Gasteiger partial charge in [0, 0.05) is 18.4 Å². The van der Waals surface area contributed by atoms with Crippen LogP contribution in [0.5, 0.6) is 0 Å². The number of nitrogens with zero attached hydrogens (tertiary/aromatic N) is 2. The molecule has 0 spiro atoms. The standard InChI is InChI=1S/C28H25ClFN3O6/c1-37-26(35)9-8-17-14-31-28(39-17)23-6-4-10-33(23)25(34)12-16-11-20(29)22(13-21(16)30)32-27(36)19-15-38-24-7-3-2-5-18(19)24/h2-3,5,7,11,13-15,23H,4,6,8-10,12H2,1H3,(H,32,36)/t23-/m0/s1. The summed E-state index contributed by atoms with van der Waals surface area (Å²) in [5.74, 6) is -0.924. The number of carbonyl (C=O) groups excluding carboxylic acids is 3. The second-order valence-electron chi connectivity index (χ2n) is 9.19. The number of ether oxygens (including phenoxy) is 1. The largest absolute Gasteiger partial charge is 0.469 e. The summed E-state index contributed by atoms with van der Waals surface area (Å²) >= 11 is 6.37. The van der Waals surface area contributed by atoms with Gasteiger partial charge in [-0.3, -0.25) is 14.4 Å². The molecule has 2 aromatic heterocycles. The molecule has 1 aliphatic heterocycles. The number of oxazole rings is 1. The number of benzene rings is 2. The van der Waals surface area contributed by atoms with Crippen molar-refractivity contribution in [3.63, 3.8) is 0 Å². The maximum absolute atomic E-state index is 15.1. The van der Waals surface area contributed by atoms with Crippen molar-refractivity contribution in [2.24, 2.45) is 0 Å². The monoisotopic (exact) mass is 553 g/mol. The number of hydrogen-bond acceptors (Lipinski definition) is 7.